The molecule has 0 radical (unpaired) electrons. The molecule has 0 aliphatic rings. The molecule has 0 aliphatic heterocycles. The van der Waals surface area contributed by atoms with E-state index in [0.29, 0.717) is 0 Å². The number of halogens is 6. The first kappa shape index (κ1) is 25.7. The molecule has 0 unspecified atom stereocenters. The van der Waals surface area contributed by atoms with Crippen LogP contribution in [0.3, 0.4) is 0 Å². The van der Waals surface area contributed by atoms with Gasteiger partial charge in [0, 0.05) is 6.07 Å². The third-order valence-corrected chi connectivity index (χ3v) is 5.86. The van der Waals surface area contributed by atoms with E-state index in [-0.39, 0.29) is 37.6 Å². The van der Waals surface area contributed by atoms with E-state index >= 15 is 0 Å². The van der Waals surface area contributed by atoms with Gasteiger partial charge < -0.3 is 19.2 Å². The molecule has 0 spiro atoms. The van der Waals surface area contributed by atoms with Gasteiger partial charge in [-0.25, -0.2) is 0 Å². The average Bonchev–Trinajstić information content (AvgIpc) is 2.83. The number of para-hydroxylation sites is 1. The summed E-state index contributed by atoms with van der Waals surface area (Å²) in [5, 5.41) is 2.67. The smallest absolute Gasteiger partial charge is 0.453 e. The first-order chi connectivity index (χ1) is 17.0. The lowest BCUT2D eigenvalue weighted by atomic mass is 10.2. The molecule has 3 aromatic carbocycles. The maximum atomic E-state index is 13.7. The Balaban J connectivity index is 1.61. The van der Waals surface area contributed by atoms with E-state index in [4.69, 9.17) is 48.7 Å². The summed E-state index contributed by atoms with van der Waals surface area (Å²) in [5.74, 6) is -3.49. The number of nitrogens with one attached hydrogen (secondary N) is 1. The molecule has 1 amide bonds. The van der Waals surface area contributed by atoms with Crippen molar-refractivity contribution in [3.63, 3.8) is 0 Å². The van der Waals surface area contributed by atoms with E-state index in [9.17, 15) is 22.8 Å². The van der Waals surface area contributed by atoms with E-state index in [1.54, 1.807) is 18.2 Å². The van der Waals surface area contributed by atoms with Crippen LogP contribution in [0.4, 0.5) is 18.9 Å². The first-order valence-corrected chi connectivity index (χ1v) is 11.1. The summed E-state index contributed by atoms with van der Waals surface area (Å²) in [5.41, 5.74) is -1.24. The maximum Gasteiger partial charge on any atom is 0.453 e. The highest BCUT2D eigenvalue weighted by molar-refractivity contribution is 6.44. The highest BCUT2D eigenvalue weighted by Gasteiger charge is 2.40. The first-order valence-electron chi connectivity index (χ1n) is 10.0. The van der Waals surface area contributed by atoms with Crippen LogP contribution in [-0.4, -0.2) is 12.5 Å². The Morgan fingerprint density at radius 2 is 1.69 bits per heavy atom. The molecule has 12 heteroatoms. The summed E-state index contributed by atoms with van der Waals surface area (Å²) in [6.07, 6.45) is -5.06. The topological polar surface area (TPSA) is 77.8 Å². The standard InChI is InChI=1S/C24H13Cl3F3NO5/c25-14-4-1-2-7-17(14)35-22-21(33)13-9-8-12(10-18(13)36-23(22)24(28,29)30)34-11-19(32)31-16-6-3-5-15(26)20(16)27/h1-10H,11H2,(H,31,32). The number of alkyl halides is 3. The van der Waals surface area contributed by atoms with Gasteiger partial charge in [0.1, 0.15) is 17.1 Å². The Kier molecular flexibility index (Phi) is 7.35. The van der Waals surface area contributed by atoms with Gasteiger partial charge in [0.2, 0.25) is 11.2 Å². The molecule has 4 aromatic rings. The number of ether oxygens (including phenoxy) is 2. The van der Waals surface area contributed by atoms with E-state index in [1.807, 2.05) is 0 Å². The van der Waals surface area contributed by atoms with Gasteiger partial charge in [-0.3, -0.25) is 9.59 Å². The summed E-state index contributed by atoms with van der Waals surface area (Å²) in [4.78, 5) is 25.1. The zero-order valence-electron chi connectivity index (χ0n) is 17.8. The monoisotopic (exact) mass is 557 g/mol. The van der Waals surface area contributed by atoms with Crippen molar-refractivity contribution in [2.75, 3.05) is 11.9 Å². The van der Waals surface area contributed by atoms with Crippen molar-refractivity contribution in [3.8, 4) is 17.2 Å². The van der Waals surface area contributed by atoms with Crippen LogP contribution >= 0.6 is 34.8 Å². The Hall–Kier alpha value is -3.40. The lowest BCUT2D eigenvalue weighted by Gasteiger charge is -2.14. The highest BCUT2D eigenvalue weighted by Crippen LogP contribution is 2.40. The molecule has 1 heterocycles. The summed E-state index contributed by atoms with van der Waals surface area (Å²) in [6, 6.07) is 13.9. The Morgan fingerprint density at radius 3 is 2.42 bits per heavy atom. The molecule has 186 valence electrons. The normalized spacial score (nSPS) is 11.4. The molecule has 0 atom stereocenters. The predicted molar refractivity (Wildman–Crippen MR) is 130 cm³/mol. The Bertz CT molecular complexity index is 1520. The third-order valence-electron chi connectivity index (χ3n) is 4.72. The molecule has 6 nitrogen and oxygen atoms in total. The van der Waals surface area contributed by atoms with Crippen LogP contribution in [0.5, 0.6) is 17.2 Å². The minimum atomic E-state index is -5.06. The zero-order chi connectivity index (χ0) is 26.0. The molecule has 0 aliphatic carbocycles. The van der Waals surface area contributed by atoms with Gasteiger partial charge in [0.25, 0.3) is 11.7 Å². The van der Waals surface area contributed by atoms with Gasteiger partial charge in [-0.2, -0.15) is 13.2 Å². The number of fused-ring (bicyclic) bond motifs is 1. The van der Waals surface area contributed by atoms with Gasteiger partial charge in [-0.05, 0) is 36.4 Å². The highest BCUT2D eigenvalue weighted by atomic mass is 35.5. The SMILES string of the molecule is O=C(COc1ccc2c(=O)c(Oc3ccccc3Cl)c(C(F)(F)F)oc2c1)Nc1cccc(Cl)c1Cl. The Labute approximate surface area is 216 Å². The number of hydrogen-bond donors (Lipinski definition) is 1. The van der Waals surface area contributed by atoms with Crippen LogP contribution in [-0.2, 0) is 11.0 Å². The molecule has 1 aromatic heterocycles. The van der Waals surface area contributed by atoms with Crippen LogP contribution in [0, 0.1) is 0 Å². The van der Waals surface area contributed by atoms with Crippen LogP contribution in [0.1, 0.15) is 5.76 Å². The van der Waals surface area contributed by atoms with Crippen molar-refractivity contribution in [2.24, 2.45) is 0 Å². The molecule has 36 heavy (non-hydrogen) atoms. The summed E-state index contributed by atoms with van der Waals surface area (Å²) < 4.78 is 56.8. The van der Waals surface area contributed by atoms with E-state index < -0.39 is 41.2 Å². The van der Waals surface area contributed by atoms with Crippen LogP contribution in [0.15, 0.2) is 69.9 Å². The number of anilines is 1. The van der Waals surface area contributed by atoms with Crippen molar-refractivity contribution in [3.05, 3.63) is 91.7 Å². The molecule has 4 rings (SSSR count). The summed E-state index contributed by atoms with van der Waals surface area (Å²) in [6.45, 7) is -0.515. The van der Waals surface area contributed by atoms with Crippen molar-refractivity contribution >= 4 is 57.4 Å². The second kappa shape index (κ2) is 10.3. The maximum absolute atomic E-state index is 13.7. The van der Waals surface area contributed by atoms with Gasteiger partial charge >= 0.3 is 6.18 Å². The fourth-order valence-electron chi connectivity index (χ4n) is 3.10. The third kappa shape index (κ3) is 5.53. The van der Waals surface area contributed by atoms with Crippen molar-refractivity contribution in [1.29, 1.82) is 0 Å². The minimum Gasteiger partial charge on any atom is -0.484 e. The van der Waals surface area contributed by atoms with Crippen molar-refractivity contribution < 1.29 is 31.9 Å². The van der Waals surface area contributed by atoms with Crippen LogP contribution in [0.25, 0.3) is 11.0 Å². The predicted octanol–water partition coefficient (Wildman–Crippen LogP) is 7.58. The number of hydrogen-bond acceptors (Lipinski definition) is 5. The largest absolute Gasteiger partial charge is 0.484 e. The van der Waals surface area contributed by atoms with E-state index in [2.05, 4.69) is 5.32 Å². The van der Waals surface area contributed by atoms with Gasteiger partial charge in [-0.1, -0.05) is 53.0 Å². The second-order valence-electron chi connectivity index (χ2n) is 7.22. The molecule has 0 saturated carbocycles. The van der Waals surface area contributed by atoms with E-state index in [0.717, 1.165) is 6.07 Å². The lowest BCUT2D eigenvalue weighted by molar-refractivity contribution is -0.154. The number of carbonyl (C=O) groups is 1. The molecule has 0 bridgehead atoms. The van der Waals surface area contributed by atoms with E-state index in [1.165, 1.54) is 36.4 Å². The molecular formula is C24H13Cl3F3NO5. The Morgan fingerprint density at radius 1 is 0.972 bits per heavy atom. The van der Waals surface area contributed by atoms with Crippen molar-refractivity contribution in [1.82, 2.24) is 0 Å². The second-order valence-corrected chi connectivity index (χ2v) is 8.41. The van der Waals surface area contributed by atoms with Gasteiger partial charge in [0.15, 0.2) is 6.61 Å². The average molecular weight is 559 g/mol. The van der Waals surface area contributed by atoms with Crippen molar-refractivity contribution in [2.45, 2.75) is 6.18 Å². The fourth-order valence-corrected chi connectivity index (χ4v) is 3.62. The summed E-state index contributed by atoms with van der Waals surface area (Å²) >= 11 is 17.9. The molecule has 0 fully saturated rings. The number of amides is 1. The van der Waals surface area contributed by atoms with Crippen LogP contribution in [0.2, 0.25) is 15.1 Å². The molecule has 1 N–H and O–H groups in total. The number of benzene rings is 3. The summed E-state index contributed by atoms with van der Waals surface area (Å²) in [7, 11) is 0. The lowest BCUT2D eigenvalue weighted by Crippen LogP contribution is -2.20. The number of carbonyl (C=O) groups excluding carboxylic acids is 1. The molecular weight excluding hydrogens is 546 g/mol. The van der Waals surface area contributed by atoms with Gasteiger partial charge in [0.05, 0.1) is 26.1 Å². The van der Waals surface area contributed by atoms with Gasteiger partial charge in [-0.15, -0.1) is 0 Å². The quantitative estimate of drug-likeness (QED) is 0.264. The zero-order valence-corrected chi connectivity index (χ0v) is 20.1. The van der Waals surface area contributed by atoms with Crippen LogP contribution < -0.4 is 20.2 Å². The number of rotatable bonds is 6. The molecule has 0 saturated heterocycles. The fraction of sp³-hybridized carbons (Fsp3) is 0.0833. The minimum absolute atomic E-state index is 0.00575.